The second-order valence-electron chi connectivity index (χ2n) is 3.86. The topological polar surface area (TPSA) is 46.5 Å². The number of carbonyl (C=O) groups is 1. The van der Waals surface area contributed by atoms with E-state index in [1.165, 1.54) is 11.3 Å². The van der Waals surface area contributed by atoms with Gasteiger partial charge in [0, 0.05) is 11.3 Å². The Morgan fingerprint density at radius 1 is 1.17 bits per heavy atom. The Morgan fingerprint density at radius 2 is 1.94 bits per heavy atom. The summed E-state index contributed by atoms with van der Waals surface area (Å²) >= 11 is 1.31. The predicted octanol–water partition coefficient (Wildman–Crippen LogP) is 3.21. The lowest BCUT2D eigenvalue weighted by atomic mass is 10.2. The Hall–Kier alpha value is -1.65. The van der Waals surface area contributed by atoms with E-state index in [1.807, 2.05) is 36.4 Å². The van der Waals surface area contributed by atoms with Crippen LogP contribution in [0.5, 0.6) is 0 Å². The molecule has 0 aliphatic carbocycles. The largest absolute Gasteiger partial charge is 0.477 e. The first kappa shape index (κ1) is 12.8. The van der Waals surface area contributed by atoms with Crippen LogP contribution < -0.4 is 0 Å². The van der Waals surface area contributed by atoms with Crippen LogP contribution in [0.1, 0.15) is 20.1 Å². The zero-order chi connectivity index (χ0) is 12.8. The predicted molar refractivity (Wildman–Crippen MR) is 71.1 cm³/mol. The minimum Gasteiger partial charge on any atom is -0.477 e. The third-order valence-corrected chi connectivity index (χ3v) is 3.61. The van der Waals surface area contributed by atoms with Crippen LogP contribution in [0, 0.1) is 0 Å². The molecule has 0 bridgehead atoms. The van der Waals surface area contributed by atoms with Crippen LogP contribution in [0.25, 0.3) is 0 Å². The Bertz CT molecular complexity index is 505. The number of ether oxygens (including phenoxy) is 1. The molecule has 4 heteroatoms. The molecule has 2 aromatic rings. The fourth-order valence-corrected chi connectivity index (χ4v) is 2.39. The lowest BCUT2D eigenvalue weighted by Crippen LogP contribution is -1.97. The molecule has 0 radical (unpaired) electrons. The normalized spacial score (nSPS) is 10.4. The Labute approximate surface area is 110 Å². The van der Waals surface area contributed by atoms with Crippen molar-refractivity contribution in [2.45, 2.75) is 13.0 Å². The number of carboxylic acids is 1. The number of carboxylic acid groups (broad SMARTS) is 1. The van der Waals surface area contributed by atoms with E-state index in [1.54, 1.807) is 6.07 Å². The average Bonchev–Trinajstić information content (AvgIpc) is 2.85. The second-order valence-corrected chi connectivity index (χ2v) is 5.03. The van der Waals surface area contributed by atoms with Gasteiger partial charge in [-0.15, -0.1) is 11.3 Å². The SMILES string of the molecule is O=C(O)c1ccc(CCOCc2ccccc2)s1. The molecular weight excluding hydrogens is 248 g/mol. The van der Waals surface area contributed by atoms with Gasteiger partial charge in [-0.2, -0.15) is 0 Å². The minimum atomic E-state index is -0.864. The van der Waals surface area contributed by atoms with E-state index in [9.17, 15) is 4.79 Å². The van der Waals surface area contributed by atoms with E-state index >= 15 is 0 Å². The van der Waals surface area contributed by atoms with Gasteiger partial charge in [0.15, 0.2) is 0 Å². The van der Waals surface area contributed by atoms with Crippen LogP contribution in [0.15, 0.2) is 42.5 Å². The van der Waals surface area contributed by atoms with Crippen molar-refractivity contribution in [3.8, 4) is 0 Å². The second kappa shape index (κ2) is 6.33. The van der Waals surface area contributed by atoms with Crippen molar-refractivity contribution in [3.05, 3.63) is 57.8 Å². The van der Waals surface area contributed by atoms with Crippen LogP contribution in [-0.2, 0) is 17.8 Å². The van der Waals surface area contributed by atoms with Crippen molar-refractivity contribution in [3.63, 3.8) is 0 Å². The molecule has 0 saturated heterocycles. The van der Waals surface area contributed by atoms with Crippen LogP contribution in [0.4, 0.5) is 0 Å². The fraction of sp³-hybridized carbons (Fsp3) is 0.214. The summed E-state index contributed by atoms with van der Waals surface area (Å²) in [5, 5.41) is 8.80. The molecule has 0 fully saturated rings. The summed E-state index contributed by atoms with van der Waals surface area (Å²) in [6.45, 7) is 1.20. The van der Waals surface area contributed by atoms with E-state index in [2.05, 4.69) is 0 Å². The van der Waals surface area contributed by atoms with Gasteiger partial charge in [0.25, 0.3) is 0 Å². The van der Waals surface area contributed by atoms with Crippen molar-refractivity contribution in [2.24, 2.45) is 0 Å². The van der Waals surface area contributed by atoms with E-state index in [-0.39, 0.29) is 0 Å². The Balaban J connectivity index is 1.73. The molecular formula is C14H14O3S. The number of aromatic carboxylic acids is 1. The summed E-state index contributed by atoms with van der Waals surface area (Å²) < 4.78 is 5.55. The van der Waals surface area contributed by atoms with Crippen molar-refractivity contribution in [1.82, 2.24) is 0 Å². The Kier molecular flexibility index (Phi) is 4.50. The zero-order valence-electron chi connectivity index (χ0n) is 9.83. The highest BCUT2D eigenvalue weighted by atomic mass is 32.1. The summed E-state index contributed by atoms with van der Waals surface area (Å²) in [6, 6.07) is 13.5. The van der Waals surface area contributed by atoms with Crippen molar-refractivity contribution < 1.29 is 14.6 Å². The van der Waals surface area contributed by atoms with Crippen LogP contribution in [0.3, 0.4) is 0 Å². The molecule has 0 atom stereocenters. The number of benzene rings is 1. The summed E-state index contributed by atoms with van der Waals surface area (Å²) in [5.74, 6) is -0.864. The summed E-state index contributed by atoms with van der Waals surface area (Å²) in [4.78, 5) is 12.1. The average molecular weight is 262 g/mol. The Morgan fingerprint density at radius 3 is 2.61 bits per heavy atom. The van der Waals surface area contributed by atoms with Gasteiger partial charge in [0.05, 0.1) is 13.2 Å². The number of hydrogen-bond acceptors (Lipinski definition) is 3. The van der Waals surface area contributed by atoms with Crippen LogP contribution in [0.2, 0.25) is 0 Å². The molecule has 0 spiro atoms. The molecule has 0 aliphatic heterocycles. The van der Waals surface area contributed by atoms with Gasteiger partial charge in [-0.3, -0.25) is 0 Å². The molecule has 18 heavy (non-hydrogen) atoms. The van der Waals surface area contributed by atoms with Gasteiger partial charge in [-0.25, -0.2) is 4.79 Å². The lowest BCUT2D eigenvalue weighted by molar-refractivity contribution is 0.0702. The highest BCUT2D eigenvalue weighted by molar-refractivity contribution is 7.13. The first-order valence-electron chi connectivity index (χ1n) is 5.69. The fourth-order valence-electron chi connectivity index (χ4n) is 1.56. The van der Waals surface area contributed by atoms with Gasteiger partial charge >= 0.3 is 5.97 Å². The van der Waals surface area contributed by atoms with Gasteiger partial charge in [0.2, 0.25) is 0 Å². The number of thiophene rings is 1. The van der Waals surface area contributed by atoms with Gasteiger partial charge in [-0.1, -0.05) is 30.3 Å². The van der Waals surface area contributed by atoms with Crippen LogP contribution >= 0.6 is 11.3 Å². The number of rotatable bonds is 6. The van der Waals surface area contributed by atoms with E-state index in [4.69, 9.17) is 9.84 Å². The maximum atomic E-state index is 10.7. The highest BCUT2D eigenvalue weighted by Crippen LogP contribution is 2.17. The quantitative estimate of drug-likeness (QED) is 0.813. The standard InChI is InChI=1S/C14H14O3S/c15-14(16)13-7-6-12(18-13)8-9-17-10-11-4-2-1-3-5-11/h1-7H,8-10H2,(H,15,16). The minimum absolute atomic E-state index is 0.382. The summed E-state index contributed by atoms with van der Waals surface area (Å²) in [5.41, 5.74) is 1.15. The maximum absolute atomic E-state index is 10.7. The third-order valence-electron chi connectivity index (χ3n) is 2.48. The number of hydrogen-bond donors (Lipinski definition) is 1. The maximum Gasteiger partial charge on any atom is 0.345 e. The summed E-state index contributed by atoms with van der Waals surface area (Å²) in [7, 11) is 0. The molecule has 0 aliphatic rings. The van der Waals surface area contributed by atoms with Gasteiger partial charge in [-0.05, 0) is 17.7 Å². The van der Waals surface area contributed by atoms with Crippen molar-refractivity contribution in [2.75, 3.05) is 6.61 Å². The first-order valence-corrected chi connectivity index (χ1v) is 6.51. The van der Waals surface area contributed by atoms with Crippen LogP contribution in [-0.4, -0.2) is 17.7 Å². The van der Waals surface area contributed by atoms with E-state index in [0.717, 1.165) is 16.9 Å². The van der Waals surface area contributed by atoms with Gasteiger partial charge < -0.3 is 9.84 Å². The summed E-state index contributed by atoms with van der Waals surface area (Å²) in [6.07, 6.45) is 0.755. The molecule has 1 N–H and O–H groups in total. The molecule has 0 saturated carbocycles. The monoisotopic (exact) mass is 262 g/mol. The molecule has 3 nitrogen and oxygen atoms in total. The third kappa shape index (κ3) is 3.68. The first-order chi connectivity index (χ1) is 8.75. The lowest BCUT2D eigenvalue weighted by Gasteiger charge is -2.02. The van der Waals surface area contributed by atoms with Crippen molar-refractivity contribution >= 4 is 17.3 Å². The molecule has 0 unspecified atom stereocenters. The van der Waals surface area contributed by atoms with Crippen molar-refractivity contribution in [1.29, 1.82) is 0 Å². The molecule has 1 heterocycles. The highest BCUT2D eigenvalue weighted by Gasteiger charge is 2.06. The molecule has 94 valence electrons. The molecule has 1 aromatic carbocycles. The van der Waals surface area contributed by atoms with E-state index < -0.39 is 5.97 Å². The van der Waals surface area contributed by atoms with E-state index in [0.29, 0.717) is 18.1 Å². The smallest absolute Gasteiger partial charge is 0.345 e. The zero-order valence-corrected chi connectivity index (χ0v) is 10.7. The molecule has 1 aromatic heterocycles. The molecule has 2 rings (SSSR count). The molecule has 0 amide bonds. The van der Waals surface area contributed by atoms with Gasteiger partial charge in [0.1, 0.15) is 4.88 Å².